The summed E-state index contributed by atoms with van der Waals surface area (Å²) < 4.78 is 27.0. The molecule has 7 heteroatoms. The van der Waals surface area contributed by atoms with Gasteiger partial charge in [-0.25, -0.2) is 0 Å². The van der Waals surface area contributed by atoms with Gasteiger partial charge in [0.05, 0.1) is 18.3 Å². The van der Waals surface area contributed by atoms with Gasteiger partial charge >= 0.3 is 0 Å². The first-order valence-corrected chi connectivity index (χ1v) is 24.1. The molecule has 0 unspecified atom stereocenters. The number of ether oxygens (including phenoxy) is 2. The van der Waals surface area contributed by atoms with E-state index in [2.05, 4.69) is 195 Å². The molecule has 0 aliphatic rings. The van der Waals surface area contributed by atoms with Gasteiger partial charge in [0.1, 0.15) is 6.79 Å². The van der Waals surface area contributed by atoms with E-state index < -0.39 is 22.7 Å². The van der Waals surface area contributed by atoms with Gasteiger partial charge in [0.15, 0.2) is 0 Å². The van der Waals surface area contributed by atoms with E-state index in [9.17, 15) is 5.11 Å². The van der Waals surface area contributed by atoms with Gasteiger partial charge in [0.25, 0.3) is 16.6 Å². The van der Waals surface area contributed by atoms with Crippen LogP contribution in [-0.2, 0) is 18.3 Å². The van der Waals surface area contributed by atoms with Crippen LogP contribution in [0.4, 0.5) is 0 Å². The van der Waals surface area contributed by atoms with Gasteiger partial charge in [0, 0.05) is 32.0 Å². The molecule has 6 atom stereocenters. The predicted octanol–water partition coefficient (Wildman–Crippen LogP) is 8.90. The Hall–Kier alpha value is -3.41. The summed E-state index contributed by atoms with van der Waals surface area (Å²) in [5.41, 5.74) is 0. The summed E-state index contributed by atoms with van der Waals surface area (Å²) in [5, 5.41) is 16.0. The minimum atomic E-state index is -2.94. The molecule has 0 heterocycles. The molecular formula is C49H68O5Si2. The molecule has 5 nitrogen and oxygen atoms in total. The molecule has 4 aromatic carbocycles. The minimum Gasteiger partial charge on any atom is -0.407 e. The molecule has 0 aliphatic heterocycles. The molecule has 0 fully saturated rings. The Kier molecular flexibility index (Phi) is 16.4. The fourth-order valence-corrected chi connectivity index (χ4v) is 17.5. The maximum absolute atomic E-state index is 11.5. The Morgan fingerprint density at radius 3 is 1.41 bits per heavy atom. The standard InChI is InChI=1S/C49H68O5Si2/c1-12-38(2)46(50)35-41(54-56(49(8,9)10,44-29-21-15-22-30-44)45-31-23-16-24-32-45)34-33-39(3)47(52-37-51-11)40(4)36-53-55(48(5,6)7,42-25-17-13-18-26-42)43-27-19-14-20-28-43/h12-34,38-41,46-47,50H,1,35-37H2,2-11H3/b34-33-/t38-,39+,40+,41-,46+,47+/m1/s1. The molecule has 0 saturated heterocycles. The summed E-state index contributed by atoms with van der Waals surface area (Å²) in [4.78, 5) is 0. The third-order valence-electron chi connectivity index (χ3n) is 11.3. The number of hydrogen-bond acceptors (Lipinski definition) is 5. The van der Waals surface area contributed by atoms with Crippen LogP contribution in [0.25, 0.3) is 0 Å². The quantitative estimate of drug-likeness (QED) is 0.0551. The zero-order valence-corrected chi connectivity index (χ0v) is 37.7. The highest BCUT2D eigenvalue weighted by Crippen LogP contribution is 2.39. The minimum absolute atomic E-state index is 0.0221. The number of benzene rings is 4. The molecule has 0 radical (unpaired) electrons. The summed E-state index contributed by atoms with van der Waals surface area (Å²) in [5.74, 6) is -0.0986. The van der Waals surface area contributed by atoms with E-state index in [0.29, 0.717) is 13.0 Å². The van der Waals surface area contributed by atoms with Crippen LogP contribution in [0.3, 0.4) is 0 Å². The molecule has 302 valence electrons. The molecule has 0 spiro atoms. The summed E-state index contributed by atoms with van der Waals surface area (Å²) in [6.45, 7) is 24.9. The van der Waals surface area contributed by atoms with Crippen molar-refractivity contribution >= 4 is 37.4 Å². The largest absolute Gasteiger partial charge is 0.407 e. The Bertz CT molecular complexity index is 1670. The Morgan fingerprint density at radius 1 is 0.625 bits per heavy atom. The second-order valence-electron chi connectivity index (χ2n) is 17.5. The molecule has 0 aliphatic carbocycles. The first-order chi connectivity index (χ1) is 26.6. The van der Waals surface area contributed by atoms with Crippen LogP contribution in [0.2, 0.25) is 10.1 Å². The maximum Gasteiger partial charge on any atom is 0.261 e. The van der Waals surface area contributed by atoms with Crippen LogP contribution < -0.4 is 20.7 Å². The van der Waals surface area contributed by atoms with Crippen molar-refractivity contribution in [3.63, 3.8) is 0 Å². The maximum atomic E-state index is 11.5. The molecular weight excluding hydrogens is 725 g/mol. The summed E-state index contributed by atoms with van der Waals surface area (Å²) in [7, 11) is -4.03. The van der Waals surface area contributed by atoms with Crippen LogP contribution >= 0.6 is 0 Å². The monoisotopic (exact) mass is 792 g/mol. The van der Waals surface area contributed by atoms with Gasteiger partial charge in [-0.2, -0.15) is 0 Å². The number of methoxy groups -OCH3 is 1. The lowest BCUT2D eigenvalue weighted by molar-refractivity contribution is -0.106. The van der Waals surface area contributed by atoms with Crippen LogP contribution in [0.15, 0.2) is 146 Å². The summed E-state index contributed by atoms with van der Waals surface area (Å²) >= 11 is 0. The van der Waals surface area contributed by atoms with Crippen molar-refractivity contribution in [3.05, 3.63) is 146 Å². The lowest BCUT2D eigenvalue weighted by Gasteiger charge is -2.45. The second kappa shape index (κ2) is 20.3. The lowest BCUT2D eigenvalue weighted by atomic mass is 9.92. The smallest absolute Gasteiger partial charge is 0.261 e. The third-order valence-corrected chi connectivity index (χ3v) is 21.3. The zero-order valence-electron chi connectivity index (χ0n) is 35.7. The van der Waals surface area contributed by atoms with Crippen molar-refractivity contribution in [1.82, 2.24) is 0 Å². The van der Waals surface area contributed by atoms with Gasteiger partial charge in [-0.3, -0.25) is 0 Å². The number of aliphatic hydroxyl groups excluding tert-OH is 1. The Labute approximate surface area is 341 Å². The first-order valence-electron chi connectivity index (χ1n) is 20.3. The van der Waals surface area contributed by atoms with Gasteiger partial charge in [0.2, 0.25) is 0 Å². The third kappa shape index (κ3) is 10.6. The number of hydrogen-bond donors (Lipinski definition) is 1. The molecule has 56 heavy (non-hydrogen) atoms. The van der Waals surface area contributed by atoms with E-state index in [1.54, 1.807) is 7.11 Å². The molecule has 0 amide bonds. The molecule has 1 N–H and O–H groups in total. The predicted molar refractivity (Wildman–Crippen MR) is 240 cm³/mol. The molecule has 4 rings (SSSR count). The van der Waals surface area contributed by atoms with E-state index in [-0.39, 0.29) is 46.8 Å². The highest BCUT2D eigenvalue weighted by Gasteiger charge is 2.52. The van der Waals surface area contributed by atoms with Gasteiger partial charge in [-0.05, 0) is 36.7 Å². The van der Waals surface area contributed by atoms with E-state index in [4.69, 9.17) is 18.3 Å². The topological polar surface area (TPSA) is 57.2 Å². The van der Waals surface area contributed by atoms with E-state index in [0.717, 1.165) is 0 Å². The van der Waals surface area contributed by atoms with Crippen molar-refractivity contribution in [2.75, 3.05) is 20.5 Å². The molecule has 0 saturated carbocycles. The lowest BCUT2D eigenvalue weighted by Crippen LogP contribution is -2.67. The highest BCUT2D eigenvalue weighted by molar-refractivity contribution is 7.00. The SMILES string of the molecule is C=C[C@@H](C)[C@@H](O)C[C@@H](/C=C\[C@H](C)[C@H](OCOC)[C@@H](C)CO[Si](c1ccccc1)(c1ccccc1)C(C)(C)C)O[Si](c1ccccc1)(c1ccccc1)C(C)(C)C. The molecule has 4 aromatic rings. The van der Waals surface area contributed by atoms with Gasteiger partial charge in [-0.15, -0.1) is 6.58 Å². The van der Waals surface area contributed by atoms with Crippen LogP contribution in [0, 0.1) is 17.8 Å². The molecule has 0 aromatic heterocycles. The number of aliphatic hydroxyl groups is 1. The normalized spacial score (nSPS) is 16.2. The number of rotatable bonds is 20. The van der Waals surface area contributed by atoms with Crippen molar-refractivity contribution in [3.8, 4) is 0 Å². The van der Waals surface area contributed by atoms with Crippen LogP contribution in [-0.4, -0.2) is 60.6 Å². The zero-order chi connectivity index (χ0) is 41.0. The molecule has 0 bridgehead atoms. The van der Waals surface area contributed by atoms with Crippen molar-refractivity contribution in [2.45, 2.75) is 97.1 Å². The Balaban J connectivity index is 1.73. The van der Waals surface area contributed by atoms with Crippen molar-refractivity contribution < 1.29 is 23.4 Å². The van der Waals surface area contributed by atoms with E-state index in [1.165, 1.54) is 20.7 Å². The average Bonchev–Trinajstić information content (AvgIpc) is 3.19. The van der Waals surface area contributed by atoms with Crippen molar-refractivity contribution in [2.24, 2.45) is 17.8 Å². The fourth-order valence-electron chi connectivity index (χ4n) is 8.20. The van der Waals surface area contributed by atoms with Crippen LogP contribution in [0.1, 0.15) is 68.7 Å². The summed E-state index contributed by atoms with van der Waals surface area (Å²) in [6.07, 6.45) is 5.41. The Morgan fingerprint density at radius 2 is 1.04 bits per heavy atom. The van der Waals surface area contributed by atoms with E-state index >= 15 is 0 Å². The van der Waals surface area contributed by atoms with Crippen molar-refractivity contribution in [1.29, 1.82) is 0 Å². The van der Waals surface area contributed by atoms with E-state index in [1.807, 2.05) is 13.0 Å². The van der Waals surface area contributed by atoms with Gasteiger partial charge in [-0.1, -0.05) is 202 Å². The van der Waals surface area contributed by atoms with Crippen LogP contribution in [0.5, 0.6) is 0 Å². The first kappa shape index (κ1) is 45.3. The summed E-state index contributed by atoms with van der Waals surface area (Å²) in [6, 6.07) is 42.9. The average molecular weight is 793 g/mol. The fraction of sp³-hybridized carbons (Fsp3) is 0.429. The second-order valence-corrected chi connectivity index (χ2v) is 26.0. The highest BCUT2D eigenvalue weighted by atomic mass is 28.4. The van der Waals surface area contributed by atoms with Gasteiger partial charge < -0.3 is 23.4 Å².